The lowest BCUT2D eigenvalue weighted by molar-refractivity contribution is 0.221. The number of hydrogen-bond acceptors (Lipinski definition) is 3. The monoisotopic (exact) mass is 234 g/mol. The largest absolute Gasteiger partial charge is 0.388 e. The average Bonchev–Trinajstić information content (AvgIpc) is 2.27. The zero-order valence-electron chi connectivity index (χ0n) is 8.01. The van der Waals surface area contributed by atoms with Crippen molar-refractivity contribution in [2.75, 3.05) is 0 Å². The first-order valence-corrected chi connectivity index (χ1v) is 6.51. The first-order valence-electron chi connectivity index (χ1n) is 4.88. The standard InChI is InChI=1S/C12H10OS2/c13-8-4-3-7-11-12(8)15-10-6-2-1-5-9(10)14-11/h1-3,5-8,13H,4H2. The molecule has 2 aliphatic rings. The van der Waals surface area contributed by atoms with Crippen LogP contribution in [0.25, 0.3) is 0 Å². The van der Waals surface area contributed by atoms with Crippen molar-refractivity contribution >= 4 is 23.5 Å². The maximum absolute atomic E-state index is 9.89. The summed E-state index contributed by atoms with van der Waals surface area (Å²) in [6, 6.07) is 8.34. The number of aliphatic hydroxyl groups is 1. The Kier molecular flexibility index (Phi) is 2.39. The van der Waals surface area contributed by atoms with Gasteiger partial charge in [-0.2, -0.15) is 0 Å². The summed E-state index contributed by atoms with van der Waals surface area (Å²) in [5.41, 5.74) is 0. The maximum Gasteiger partial charge on any atom is 0.0897 e. The number of allylic oxidation sites excluding steroid dienone is 1. The summed E-state index contributed by atoms with van der Waals surface area (Å²) in [5, 5.41) is 9.89. The van der Waals surface area contributed by atoms with Crippen molar-refractivity contribution in [1.82, 2.24) is 0 Å². The van der Waals surface area contributed by atoms with Gasteiger partial charge in [-0.25, -0.2) is 0 Å². The van der Waals surface area contributed by atoms with Crippen molar-refractivity contribution in [3.05, 3.63) is 46.2 Å². The third-order valence-corrected chi connectivity index (χ3v) is 5.16. The molecule has 1 N–H and O–H groups in total. The minimum Gasteiger partial charge on any atom is -0.388 e. The highest BCUT2D eigenvalue weighted by Crippen LogP contribution is 2.49. The lowest BCUT2D eigenvalue weighted by Gasteiger charge is -2.25. The number of rotatable bonds is 0. The van der Waals surface area contributed by atoms with Gasteiger partial charge in [0.2, 0.25) is 0 Å². The highest BCUT2D eigenvalue weighted by Gasteiger charge is 2.24. The molecule has 1 nitrogen and oxygen atoms in total. The molecule has 1 aliphatic carbocycles. The molecule has 0 bridgehead atoms. The molecule has 76 valence electrons. The van der Waals surface area contributed by atoms with Crippen LogP contribution >= 0.6 is 23.5 Å². The molecular formula is C12H10OS2. The van der Waals surface area contributed by atoms with Crippen LogP contribution in [0.5, 0.6) is 0 Å². The predicted molar refractivity (Wildman–Crippen MR) is 64.9 cm³/mol. The van der Waals surface area contributed by atoms with Crippen LogP contribution in [0.1, 0.15) is 6.42 Å². The van der Waals surface area contributed by atoms with Gasteiger partial charge in [0.15, 0.2) is 0 Å². The van der Waals surface area contributed by atoms with E-state index < -0.39 is 0 Å². The molecule has 0 fully saturated rings. The third kappa shape index (κ3) is 1.65. The Labute approximate surface area is 97.3 Å². The fraction of sp³-hybridized carbons (Fsp3) is 0.167. The lowest BCUT2D eigenvalue weighted by atomic mass is 10.1. The van der Waals surface area contributed by atoms with Gasteiger partial charge in [-0.15, -0.1) is 0 Å². The van der Waals surface area contributed by atoms with Crippen LogP contribution in [0.15, 0.2) is 56.0 Å². The molecule has 0 amide bonds. The molecule has 1 aromatic rings. The number of fused-ring (bicyclic) bond motifs is 1. The van der Waals surface area contributed by atoms with E-state index in [-0.39, 0.29) is 6.10 Å². The van der Waals surface area contributed by atoms with Crippen molar-refractivity contribution in [1.29, 1.82) is 0 Å². The fourth-order valence-corrected chi connectivity index (χ4v) is 4.12. The van der Waals surface area contributed by atoms with Gasteiger partial charge in [0, 0.05) is 19.6 Å². The number of benzene rings is 1. The quantitative estimate of drug-likeness (QED) is 0.743. The van der Waals surface area contributed by atoms with Crippen LogP contribution in [0.3, 0.4) is 0 Å². The van der Waals surface area contributed by atoms with E-state index in [2.05, 4.69) is 24.3 Å². The number of thioether (sulfide) groups is 2. The molecule has 0 aromatic heterocycles. The SMILES string of the molecule is OC1CC=CC2=C1Sc1ccccc1S2. The van der Waals surface area contributed by atoms with E-state index in [0.29, 0.717) is 0 Å². The molecule has 1 atom stereocenters. The second-order valence-electron chi connectivity index (χ2n) is 3.53. The normalized spacial score (nSPS) is 23.7. The van der Waals surface area contributed by atoms with Gasteiger partial charge < -0.3 is 5.11 Å². The molecule has 3 rings (SSSR count). The minimum atomic E-state index is -0.309. The van der Waals surface area contributed by atoms with Crippen LogP contribution in [0, 0.1) is 0 Å². The van der Waals surface area contributed by atoms with E-state index in [9.17, 15) is 5.11 Å². The predicted octanol–water partition coefficient (Wildman–Crippen LogP) is 3.42. The van der Waals surface area contributed by atoms with E-state index in [0.717, 1.165) is 11.3 Å². The minimum absolute atomic E-state index is 0.309. The van der Waals surface area contributed by atoms with Crippen molar-refractivity contribution in [3.8, 4) is 0 Å². The molecule has 15 heavy (non-hydrogen) atoms. The number of aliphatic hydroxyl groups excluding tert-OH is 1. The molecule has 1 heterocycles. The zero-order chi connectivity index (χ0) is 10.3. The molecular weight excluding hydrogens is 224 g/mol. The molecule has 0 spiro atoms. The zero-order valence-corrected chi connectivity index (χ0v) is 9.65. The van der Waals surface area contributed by atoms with Gasteiger partial charge in [-0.1, -0.05) is 47.8 Å². The van der Waals surface area contributed by atoms with Crippen molar-refractivity contribution in [3.63, 3.8) is 0 Å². The highest BCUT2D eigenvalue weighted by molar-refractivity contribution is 8.09. The van der Waals surface area contributed by atoms with Gasteiger partial charge in [0.1, 0.15) is 0 Å². The van der Waals surface area contributed by atoms with E-state index in [1.165, 1.54) is 14.7 Å². The summed E-state index contributed by atoms with van der Waals surface area (Å²) in [6.07, 6.45) is 4.60. The first-order chi connectivity index (χ1) is 7.34. The lowest BCUT2D eigenvalue weighted by Crippen LogP contribution is -2.12. The Morgan fingerprint density at radius 2 is 1.87 bits per heavy atom. The van der Waals surface area contributed by atoms with Gasteiger partial charge in [0.05, 0.1) is 6.10 Å². The molecule has 1 aliphatic heterocycles. The van der Waals surface area contributed by atoms with Crippen molar-refractivity contribution < 1.29 is 5.11 Å². The second kappa shape index (κ2) is 3.74. The van der Waals surface area contributed by atoms with Crippen molar-refractivity contribution in [2.24, 2.45) is 0 Å². The maximum atomic E-state index is 9.89. The van der Waals surface area contributed by atoms with Crippen LogP contribution in [-0.2, 0) is 0 Å². The first kappa shape index (κ1) is 9.58. The topological polar surface area (TPSA) is 20.2 Å². The fourth-order valence-electron chi connectivity index (χ4n) is 1.72. The summed E-state index contributed by atoms with van der Waals surface area (Å²) in [7, 11) is 0. The Hall–Kier alpha value is -0.640. The molecule has 0 radical (unpaired) electrons. The second-order valence-corrected chi connectivity index (χ2v) is 5.70. The van der Waals surface area contributed by atoms with Gasteiger partial charge in [-0.05, 0) is 18.6 Å². The third-order valence-electron chi connectivity index (χ3n) is 2.46. The molecule has 1 aromatic carbocycles. The Balaban J connectivity index is 2.04. The smallest absolute Gasteiger partial charge is 0.0897 e. The summed E-state index contributed by atoms with van der Waals surface area (Å²) in [5.74, 6) is 0. The number of hydrogen-bond donors (Lipinski definition) is 1. The Morgan fingerprint density at radius 1 is 1.13 bits per heavy atom. The van der Waals surface area contributed by atoms with Gasteiger partial charge in [-0.3, -0.25) is 0 Å². The van der Waals surface area contributed by atoms with Crippen LogP contribution in [0.2, 0.25) is 0 Å². The summed E-state index contributed by atoms with van der Waals surface area (Å²) >= 11 is 3.46. The van der Waals surface area contributed by atoms with E-state index in [1.807, 2.05) is 12.1 Å². The Morgan fingerprint density at radius 3 is 2.67 bits per heavy atom. The summed E-state index contributed by atoms with van der Waals surface area (Å²) < 4.78 is 0. The highest BCUT2D eigenvalue weighted by atomic mass is 32.2. The van der Waals surface area contributed by atoms with Crippen LogP contribution in [-0.4, -0.2) is 11.2 Å². The van der Waals surface area contributed by atoms with Gasteiger partial charge in [0.25, 0.3) is 0 Å². The van der Waals surface area contributed by atoms with Crippen LogP contribution in [0.4, 0.5) is 0 Å². The van der Waals surface area contributed by atoms with E-state index in [4.69, 9.17) is 0 Å². The average molecular weight is 234 g/mol. The summed E-state index contributed by atoms with van der Waals surface area (Å²) in [4.78, 5) is 4.87. The van der Waals surface area contributed by atoms with Crippen LogP contribution < -0.4 is 0 Å². The molecule has 0 saturated carbocycles. The molecule has 3 heteroatoms. The van der Waals surface area contributed by atoms with Gasteiger partial charge >= 0.3 is 0 Å². The molecule has 1 unspecified atom stereocenters. The Bertz CT molecular complexity index is 462. The molecule has 0 saturated heterocycles. The van der Waals surface area contributed by atoms with Crippen molar-refractivity contribution in [2.45, 2.75) is 22.3 Å². The summed E-state index contributed by atoms with van der Waals surface area (Å²) in [6.45, 7) is 0. The van der Waals surface area contributed by atoms with E-state index >= 15 is 0 Å². The van der Waals surface area contributed by atoms with E-state index in [1.54, 1.807) is 23.5 Å².